The summed E-state index contributed by atoms with van der Waals surface area (Å²) in [6.07, 6.45) is 1.09. The summed E-state index contributed by atoms with van der Waals surface area (Å²) in [4.78, 5) is 23.7. The highest BCUT2D eigenvalue weighted by molar-refractivity contribution is 7.89. The Morgan fingerprint density at radius 2 is 1.84 bits per heavy atom. The van der Waals surface area contributed by atoms with Crippen molar-refractivity contribution in [3.05, 3.63) is 65.5 Å². The molecule has 8 heteroatoms. The minimum atomic E-state index is -3.24. The summed E-state index contributed by atoms with van der Waals surface area (Å²) in [5.74, 6) is -2.28. The number of benzene rings is 2. The van der Waals surface area contributed by atoms with Crippen molar-refractivity contribution in [1.82, 2.24) is 0 Å². The Bertz CT molecular complexity index is 895. The molecule has 0 aliphatic heterocycles. The number of nitrogens with one attached hydrogen (secondary N) is 1. The molecule has 0 spiro atoms. The summed E-state index contributed by atoms with van der Waals surface area (Å²) in [5.41, 5.74) is 0.547. The molecule has 2 rings (SSSR count). The summed E-state index contributed by atoms with van der Waals surface area (Å²) in [6.45, 7) is -0.594. The highest BCUT2D eigenvalue weighted by Gasteiger charge is 2.13. The Labute approximate surface area is 144 Å². The molecule has 1 amide bonds. The summed E-state index contributed by atoms with van der Waals surface area (Å²) < 4.78 is 40.9. The van der Waals surface area contributed by atoms with E-state index in [2.05, 4.69) is 5.32 Å². The molecule has 0 saturated heterocycles. The molecule has 0 aliphatic carbocycles. The number of halogens is 1. The highest BCUT2D eigenvalue weighted by Crippen LogP contribution is 2.13. The van der Waals surface area contributed by atoms with Crippen LogP contribution in [0.3, 0.4) is 0 Å². The molecule has 132 valence electrons. The van der Waals surface area contributed by atoms with Crippen LogP contribution >= 0.6 is 0 Å². The molecule has 0 saturated carbocycles. The summed E-state index contributed by atoms with van der Waals surface area (Å²) >= 11 is 0. The molecule has 25 heavy (non-hydrogen) atoms. The number of anilines is 1. The van der Waals surface area contributed by atoms with E-state index in [4.69, 9.17) is 4.74 Å². The maximum Gasteiger partial charge on any atom is 0.338 e. The Hall–Kier alpha value is -2.74. The van der Waals surface area contributed by atoms with Crippen LogP contribution < -0.4 is 5.32 Å². The molecular formula is C17H16FNO5S. The minimum Gasteiger partial charge on any atom is -0.452 e. The number of ether oxygens (including phenoxy) is 1. The standard InChI is InChI=1S/C17H16FNO5S/c1-25(22,23)11-12-5-4-6-13(9-12)17(21)24-10-16(20)19-15-8-3-2-7-14(15)18/h2-9H,10-11H2,1H3,(H,19,20). The molecule has 0 bridgehead atoms. The Kier molecular flexibility index (Phi) is 5.87. The first-order chi connectivity index (χ1) is 11.7. The second kappa shape index (κ2) is 7.89. The van der Waals surface area contributed by atoms with Gasteiger partial charge in [0.1, 0.15) is 5.82 Å². The summed E-state index contributed by atoms with van der Waals surface area (Å²) in [7, 11) is -3.24. The number of carbonyl (C=O) groups is 2. The average molecular weight is 365 g/mol. The van der Waals surface area contributed by atoms with E-state index in [1.165, 1.54) is 36.4 Å². The van der Waals surface area contributed by atoms with Crippen molar-refractivity contribution >= 4 is 27.4 Å². The SMILES string of the molecule is CS(=O)(=O)Cc1cccc(C(=O)OCC(=O)Nc2ccccc2F)c1. The number of hydrogen-bond donors (Lipinski definition) is 1. The lowest BCUT2D eigenvalue weighted by molar-refractivity contribution is -0.119. The maximum absolute atomic E-state index is 13.4. The lowest BCUT2D eigenvalue weighted by atomic mass is 10.1. The van der Waals surface area contributed by atoms with Gasteiger partial charge in [-0.05, 0) is 29.8 Å². The van der Waals surface area contributed by atoms with Crippen LogP contribution in [-0.4, -0.2) is 33.2 Å². The maximum atomic E-state index is 13.4. The predicted molar refractivity (Wildman–Crippen MR) is 90.3 cm³/mol. The zero-order valence-electron chi connectivity index (χ0n) is 13.4. The second-order valence-electron chi connectivity index (χ2n) is 5.37. The van der Waals surface area contributed by atoms with Gasteiger partial charge in [-0.3, -0.25) is 4.79 Å². The molecule has 0 aliphatic rings. The second-order valence-corrected chi connectivity index (χ2v) is 7.51. The van der Waals surface area contributed by atoms with Gasteiger partial charge in [0.05, 0.1) is 17.0 Å². The van der Waals surface area contributed by atoms with Gasteiger partial charge < -0.3 is 10.1 Å². The van der Waals surface area contributed by atoms with Crippen LogP contribution in [-0.2, 0) is 25.1 Å². The van der Waals surface area contributed by atoms with E-state index in [9.17, 15) is 22.4 Å². The Morgan fingerprint density at radius 1 is 1.12 bits per heavy atom. The van der Waals surface area contributed by atoms with E-state index in [0.29, 0.717) is 5.56 Å². The zero-order valence-corrected chi connectivity index (χ0v) is 14.2. The van der Waals surface area contributed by atoms with Gasteiger partial charge in [0, 0.05) is 6.26 Å². The van der Waals surface area contributed by atoms with Crippen LogP contribution in [0.5, 0.6) is 0 Å². The Balaban J connectivity index is 1.95. The summed E-state index contributed by atoms with van der Waals surface area (Å²) in [6, 6.07) is 11.5. The first-order valence-electron chi connectivity index (χ1n) is 7.23. The van der Waals surface area contributed by atoms with Crippen molar-refractivity contribution in [3.8, 4) is 0 Å². The number of para-hydroxylation sites is 1. The molecule has 0 fully saturated rings. The molecule has 2 aromatic rings. The van der Waals surface area contributed by atoms with E-state index in [1.807, 2.05) is 0 Å². The molecule has 0 unspecified atom stereocenters. The topological polar surface area (TPSA) is 89.5 Å². The van der Waals surface area contributed by atoms with Gasteiger partial charge in [0.2, 0.25) is 0 Å². The Morgan fingerprint density at radius 3 is 2.52 bits per heavy atom. The fourth-order valence-electron chi connectivity index (χ4n) is 2.05. The van der Waals surface area contributed by atoms with Crippen molar-refractivity contribution in [3.63, 3.8) is 0 Å². The van der Waals surface area contributed by atoms with Crippen molar-refractivity contribution in [2.75, 3.05) is 18.2 Å². The van der Waals surface area contributed by atoms with E-state index in [1.54, 1.807) is 12.1 Å². The zero-order chi connectivity index (χ0) is 18.4. The van der Waals surface area contributed by atoms with E-state index >= 15 is 0 Å². The van der Waals surface area contributed by atoms with Crippen LogP contribution in [0.4, 0.5) is 10.1 Å². The fourth-order valence-corrected chi connectivity index (χ4v) is 2.84. The fraction of sp³-hybridized carbons (Fsp3) is 0.176. The van der Waals surface area contributed by atoms with Gasteiger partial charge in [-0.2, -0.15) is 0 Å². The van der Waals surface area contributed by atoms with Crippen molar-refractivity contribution in [2.45, 2.75) is 5.75 Å². The van der Waals surface area contributed by atoms with E-state index in [0.717, 1.165) is 6.26 Å². The van der Waals surface area contributed by atoms with Crippen LogP contribution in [0.15, 0.2) is 48.5 Å². The van der Waals surface area contributed by atoms with E-state index < -0.39 is 34.1 Å². The van der Waals surface area contributed by atoms with Gasteiger partial charge >= 0.3 is 5.97 Å². The smallest absolute Gasteiger partial charge is 0.338 e. The summed E-state index contributed by atoms with van der Waals surface area (Å²) in [5, 5.41) is 2.29. The van der Waals surface area contributed by atoms with Gasteiger partial charge in [-0.1, -0.05) is 24.3 Å². The third-order valence-corrected chi connectivity index (χ3v) is 3.93. The third-order valence-electron chi connectivity index (χ3n) is 3.07. The van der Waals surface area contributed by atoms with Gasteiger partial charge in [-0.25, -0.2) is 17.6 Å². The number of hydrogen-bond acceptors (Lipinski definition) is 5. The molecule has 0 aromatic heterocycles. The molecule has 0 atom stereocenters. The molecule has 1 N–H and O–H groups in total. The molecule has 0 heterocycles. The molecule has 0 radical (unpaired) electrons. The third kappa shape index (κ3) is 6.00. The van der Waals surface area contributed by atoms with Crippen LogP contribution in [0.2, 0.25) is 0 Å². The minimum absolute atomic E-state index is 0.0151. The van der Waals surface area contributed by atoms with Gasteiger partial charge in [0.25, 0.3) is 5.91 Å². The van der Waals surface area contributed by atoms with Gasteiger partial charge in [-0.15, -0.1) is 0 Å². The lowest BCUT2D eigenvalue weighted by Crippen LogP contribution is -2.21. The van der Waals surface area contributed by atoms with Gasteiger partial charge in [0.15, 0.2) is 16.4 Å². The highest BCUT2D eigenvalue weighted by atomic mass is 32.2. The largest absolute Gasteiger partial charge is 0.452 e. The number of carbonyl (C=O) groups excluding carboxylic acids is 2. The van der Waals surface area contributed by atoms with Crippen molar-refractivity contribution in [1.29, 1.82) is 0 Å². The molecular weight excluding hydrogens is 349 g/mol. The number of esters is 1. The van der Waals surface area contributed by atoms with Crippen LogP contribution in [0.25, 0.3) is 0 Å². The molecule has 6 nitrogen and oxygen atoms in total. The lowest BCUT2D eigenvalue weighted by Gasteiger charge is -2.08. The van der Waals surface area contributed by atoms with E-state index in [-0.39, 0.29) is 17.0 Å². The van der Waals surface area contributed by atoms with Crippen molar-refractivity contribution < 1.29 is 27.1 Å². The molecule has 2 aromatic carbocycles. The quantitative estimate of drug-likeness (QED) is 0.793. The van der Waals surface area contributed by atoms with Crippen molar-refractivity contribution in [2.24, 2.45) is 0 Å². The number of rotatable bonds is 6. The first kappa shape index (κ1) is 18.6. The number of amides is 1. The predicted octanol–water partition coefficient (Wildman–Crippen LogP) is 2.17. The van der Waals surface area contributed by atoms with Crippen LogP contribution in [0, 0.1) is 5.82 Å². The average Bonchev–Trinajstić information content (AvgIpc) is 2.53. The van der Waals surface area contributed by atoms with Crippen LogP contribution in [0.1, 0.15) is 15.9 Å². The normalized spacial score (nSPS) is 11.0. The monoisotopic (exact) mass is 365 g/mol. The first-order valence-corrected chi connectivity index (χ1v) is 9.29. The number of sulfone groups is 1.